The van der Waals surface area contributed by atoms with Gasteiger partial charge in [-0.15, -0.1) is 0 Å². The molecule has 0 unspecified atom stereocenters. The normalized spacial score (nSPS) is 31.3. The minimum absolute atomic E-state index is 0.0426. The van der Waals surface area contributed by atoms with Crippen LogP contribution in [0.2, 0.25) is 0 Å². The van der Waals surface area contributed by atoms with E-state index in [1.165, 1.54) is 77.3 Å². The van der Waals surface area contributed by atoms with Gasteiger partial charge in [-0.3, -0.25) is 9.80 Å². The molecule has 2 aromatic rings. The summed E-state index contributed by atoms with van der Waals surface area (Å²) < 4.78 is 0. The number of fused-ring (bicyclic) bond motifs is 10. The Hall–Kier alpha value is -3.10. The van der Waals surface area contributed by atoms with Gasteiger partial charge in [0.05, 0.1) is 0 Å². The van der Waals surface area contributed by atoms with Gasteiger partial charge in [-0.25, -0.2) is 9.59 Å². The first-order chi connectivity index (χ1) is 24.6. The first-order valence-electron chi connectivity index (χ1n) is 20.4. The molecule has 0 spiro atoms. The largest absolute Gasteiger partial charge is 0.338 e. The number of amides is 4. The van der Waals surface area contributed by atoms with Crippen molar-refractivity contribution in [3.63, 3.8) is 0 Å². The Morgan fingerprint density at radius 1 is 0.500 bits per heavy atom. The van der Waals surface area contributed by atoms with E-state index in [1.807, 2.05) is 0 Å². The van der Waals surface area contributed by atoms with Crippen molar-refractivity contribution in [2.75, 3.05) is 26.2 Å². The molecule has 4 aliphatic heterocycles. The van der Waals surface area contributed by atoms with Crippen LogP contribution in [0.4, 0.5) is 9.59 Å². The second kappa shape index (κ2) is 15.6. The smallest absolute Gasteiger partial charge is 0.315 e. The Bertz CT molecular complexity index is 1290. The summed E-state index contributed by atoms with van der Waals surface area (Å²) in [4.78, 5) is 30.6. The maximum atomic E-state index is 12.5. The van der Waals surface area contributed by atoms with Crippen LogP contribution in [0, 0.1) is 11.8 Å². The fraction of sp³-hybridized carbons (Fsp3) is 0.667. The molecule has 2 aliphatic carbocycles. The van der Waals surface area contributed by atoms with Crippen LogP contribution >= 0.6 is 0 Å². The first-order valence-corrected chi connectivity index (χ1v) is 20.4. The number of nitrogens with zero attached hydrogens (tertiary/aromatic N) is 2. The minimum atomic E-state index is -0.0426. The topological polar surface area (TPSA) is 88.7 Å². The van der Waals surface area contributed by atoms with Crippen LogP contribution in [-0.4, -0.2) is 60.1 Å². The lowest BCUT2D eigenvalue weighted by atomic mass is 9.84. The first kappa shape index (κ1) is 34.0. The predicted octanol–water partition coefficient (Wildman–Crippen LogP) is 8.05. The van der Waals surface area contributed by atoms with Crippen LogP contribution in [0.5, 0.6) is 0 Å². The van der Waals surface area contributed by atoms with Gasteiger partial charge in [0.2, 0.25) is 0 Å². The molecule has 2 saturated carbocycles. The average Bonchev–Trinajstić information content (AvgIpc) is 3.91. The number of benzene rings is 2. The summed E-state index contributed by atoms with van der Waals surface area (Å²) in [6.45, 7) is 3.70. The Morgan fingerprint density at radius 3 is 1.18 bits per heavy atom. The van der Waals surface area contributed by atoms with Crippen molar-refractivity contribution in [3.8, 4) is 0 Å². The summed E-state index contributed by atoms with van der Waals surface area (Å²) in [7, 11) is 0. The van der Waals surface area contributed by atoms with E-state index < -0.39 is 0 Å². The van der Waals surface area contributed by atoms with E-state index in [0.29, 0.717) is 37.3 Å². The van der Waals surface area contributed by atoms with Crippen molar-refractivity contribution in [1.29, 1.82) is 0 Å². The minimum Gasteiger partial charge on any atom is -0.338 e. The van der Waals surface area contributed by atoms with Gasteiger partial charge in [-0.2, -0.15) is 0 Å². The highest BCUT2D eigenvalue weighted by Crippen LogP contribution is 2.54. The molecule has 0 radical (unpaired) electrons. The van der Waals surface area contributed by atoms with Gasteiger partial charge in [0.15, 0.2) is 0 Å². The molecule has 8 heteroatoms. The van der Waals surface area contributed by atoms with Crippen molar-refractivity contribution in [2.24, 2.45) is 11.8 Å². The maximum Gasteiger partial charge on any atom is 0.315 e. The molecule has 0 aromatic heterocycles. The summed E-state index contributed by atoms with van der Waals surface area (Å²) in [6, 6.07) is 21.2. The maximum absolute atomic E-state index is 12.5. The number of urea groups is 2. The van der Waals surface area contributed by atoms with Crippen LogP contribution in [0.15, 0.2) is 48.5 Å². The van der Waals surface area contributed by atoms with Gasteiger partial charge < -0.3 is 21.3 Å². The third-order valence-corrected chi connectivity index (χ3v) is 13.6. The van der Waals surface area contributed by atoms with E-state index in [-0.39, 0.29) is 24.1 Å². The zero-order chi connectivity index (χ0) is 33.9. The van der Waals surface area contributed by atoms with E-state index in [4.69, 9.17) is 0 Å². The third-order valence-electron chi connectivity index (χ3n) is 13.6. The number of hydrogen-bond donors (Lipinski definition) is 4. The summed E-state index contributed by atoms with van der Waals surface area (Å²) in [6.07, 6.45) is 18.7. The average molecular weight is 681 g/mol. The quantitative estimate of drug-likeness (QED) is 0.161. The van der Waals surface area contributed by atoms with E-state index in [1.54, 1.807) is 22.3 Å². The van der Waals surface area contributed by atoms with E-state index >= 15 is 0 Å². The Labute approximate surface area is 299 Å². The predicted molar refractivity (Wildman–Crippen MR) is 199 cm³/mol. The molecule has 8 rings (SSSR count). The molecule has 4 N–H and O–H groups in total. The van der Waals surface area contributed by atoms with Gasteiger partial charge in [0.1, 0.15) is 0 Å². The van der Waals surface area contributed by atoms with E-state index in [2.05, 4.69) is 79.6 Å². The van der Waals surface area contributed by atoms with Crippen LogP contribution in [0.25, 0.3) is 0 Å². The molecule has 6 aliphatic rings. The van der Waals surface area contributed by atoms with Gasteiger partial charge in [0, 0.05) is 49.3 Å². The molecular formula is C42H60N6O2. The lowest BCUT2D eigenvalue weighted by Gasteiger charge is -2.31. The second-order valence-electron chi connectivity index (χ2n) is 16.5. The molecule has 4 amide bonds. The van der Waals surface area contributed by atoms with Crippen molar-refractivity contribution in [1.82, 2.24) is 31.1 Å². The molecular weight excluding hydrogens is 621 g/mol. The lowest BCUT2D eigenvalue weighted by Crippen LogP contribution is -2.44. The number of hydrogen-bond acceptors (Lipinski definition) is 4. The number of nitrogens with one attached hydrogen (secondary N) is 4. The Kier molecular flexibility index (Phi) is 10.6. The zero-order valence-electron chi connectivity index (χ0n) is 30.1. The van der Waals surface area contributed by atoms with Crippen molar-refractivity contribution in [3.05, 3.63) is 70.8 Å². The summed E-state index contributed by atoms with van der Waals surface area (Å²) in [5.41, 5.74) is 6.31. The highest BCUT2D eigenvalue weighted by molar-refractivity contribution is 5.74. The monoisotopic (exact) mass is 680 g/mol. The molecule has 4 bridgehead atoms. The van der Waals surface area contributed by atoms with Gasteiger partial charge in [-0.1, -0.05) is 48.5 Å². The highest BCUT2D eigenvalue weighted by atomic mass is 16.2. The zero-order valence-corrected chi connectivity index (χ0v) is 30.1. The summed E-state index contributed by atoms with van der Waals surface area (Å²) in [5.74, 6) is 1.55. The molecule has 270 valence electrons. The molecule has 50 heavy (non-hydrogen) atoms. The molecule has 4 atom stereocenters. The van der Waals surface area contributed by atoms with Gasteiger partial charge >= 0.3 is 12.1 Å². The molecule has 8 nitrogen and oxygen atoms in total. The standard InChI is InChI=1S/C42H60N6O2/c49-41(45-31-15-11-29(12-16-31)23-27-47-37-19-20-38(47)34-8-2-1-7-33(34)37)43-25-5-6-26-44-42(50)46-32-17-13-30(14-18-32)24-28-48-39-21-22-40(48)36-10-4-3-9-35(36)39/h1-4,7-10,29-32,37-40H,5-6,11-28H2,(H2,43,45,49)(H2,44,46,50)/t29?,30?,31?,32?,37-,38+,39-,40+. The second-order valence-corrected chi connectivity index (χ2v) is 16.5. The SMILES string of the molecule is O=C(NCCCCNC(=O)NC1CCC(CCN2[C@@H]3CC[C@H]2c2ccccc23)CC1)NC1CCC(CCN2[C@@H]3CC[C@H]2c2ccccc23)CC1. The van der Waals surface area contributed by atoms with Crippen LogP contribution in [-0.2, 0) is 0 Å². The molecule has 4 fully saturated rings. The van der Waals surface area contributed by atoms with E-state index in [9.17, 15) is 9.59 Å². The van der Waals surface area contributed by atoms with Crippen molar-refractivity contribution < 1.29 is 9.59 Å². The fourth-order valence-electron chi connectivity index (χ4n) is 10.9. The van der Waals surface area contributed by atoms with Crippen molar-refractivity contribution >= 4 is 12.1 Å². The molecule has 2 saturated heterocycles. The molecule has 4 heterocycles. The number of carbonyl (C=O) groups excluding carboxylic acids is 2. The van der Waals surface area contributed by atoms with Crippen molar-refractivity contribution in [2.45, 2.75) is 139 Å². The summed E-state index contributed by atoms with van der Waals surface area (Å²) >= 11 is 0. The number of unbranched alkanes of at least 4 members (excludes halogenated alkanes) is 1. The van der Waals surface area contributed by atoms with E-state index in [0.717, 1.165) is 50.4 Å². The summed E-state index contributed by atoms with van der Waals surface area (Å²) in [5, 5.41) is 12.5. The van der Waals surface area contributed by atoms with Gasteiger partial charge in [-0.05, 0) is 150 Å². The Balaban J connectivity index is 0.628. The molecule has 2 aromatic carbocycles. The lowest BCUT2D eigenvalue weighted by molar-refractivity contribution is 0.185. The highest BCUT2D eigenvalue weighted by Gasteiger charge is 2.44. The van der Waals surface area contributed by atoms with Crippen LogP contribution in [0.1, 0.15) is 149 Å². The van der Waals surface area contributed by atoms with Crippen LogP contribution in [0.3, 0.4) is 0 Å². The van der Waals surface area contributed by atoms with Gasteiger partial charge in [0.25, 0.3) is 0 Å². The Morgan fingerprint density at radius 2 is 0.840 bits per heavy atom. The number of carbonyl (C=O) groups is 2. The fourth-order valence-corrected chi connectivity index (χ4v) is 10.9. The third kappa shape index (κ3) is 7.43. The number of rotatable bonds is 13. The van der Waals surface area contributed by atoms with Crippen LogP contribution < -0.4 is 21.3 Å².